The highest BCUT2D eigenvalue weighted by Crippen LogP contribution is 2.24. The molecule has 0 bridgehead atoms. The normalized spacial score (nSPS) is 10.6. The van der Waals surface area contributed by atoms with Crippen molar-refractivity contribution < 1.29 is 0 Å². The van der Waals surface area contributed by atoms with E-state index in [9.17, 15) is 0 Å². The van der Waals surface area contributed by atoms with Crippen molar-refractivity contribution in [1.29, 1.82) is 5.26 Å². The van der Waals surface area contributed by atoms with Gasteiger partial charge in [0.2, 0.25) is 0 Å². The zero-order valence-corrected chi connectivity index (χ0v) is 11.4. The van der Waals surface area contributed by atoms with Crippen molar-refractivity contribution in [1.82, 2.24) is 10.2 Å². The van der Waals surface area contributed by atoms with Gasteiger partial charge in [0.05, 0.1) is 29.9 Å². The first-order chi connectivity index (χ1) is 9.22. The third-order valence-corrected chi connectivity index (χ3v) is 2.95. The van der Waals surface area contributed by atoms with Crippen molar-refractivity contribution in [3.8, 4) is 6.07 Å². The highest BCUT2D eigenvalue weighted by molar-refractivity contribution is 5.90. The molecule has 0 N–H and O–H groups in total. The van der Waals surface area contributed by atoms with Gasteiger partial charge in [0, 0.05) is 18.5 Å². The van der Waals surface area contributed by atoms with Crippen LogP contribution in [-0.4, -0.2) is 23.3 Å². The van der Waals surface area contributed by atoms with E-state index in [0.29, 0.717) is 12.3 Å². The van der Waals surface area contributed by atoms with E-state index < -0.39 is 0 Å². The number of rotatable bonds is 5. The zero-order valence-electron chi connectivity index (χ0n) is 11.4. The van der Waals surface area contributed by atoms with Crippen LogP contribution >= 0.6 is 0 Å². The molecule has 4 nitrogen and oxygen atoms in total. The van der Waals surface area contributed by atoms with Crippen LogP contribution in [0.15, 0.2) is 30.5 Å². The summed E-state index contributed by atoms with van der Waals surface area (Å²) in [5.74, 6) is 0.533. The number of anilines is 1. The summed E-state index contributed by atoms with van der Waals surface area (Å²) in [6.07, 6.45) is 2.31. The molecule has 0 saturated heterocycles. The maximum Gasteiger partial charge on any atom is 0.0950 e. The van der Waals surface area contributed by atoms with Gasteiger partial charge in [0.25, 0.3) is 0 Å². The van der Waals surface area contributed by atoms with Crippen molar-refractivity contribution in [3.05, 3.63) is 30.5 Å². The Morgan fingerprint density at radius 1 is 1.32 bits per heavy atom. The Morgan fingerprint density at radius 3 is 2.84 bits per heavy atom. The number of nitriles is 1. The number of benzene rings is 1. The second-order valence-corrected chi connectivity index (χ2v) is 4.99. The van der Waals surface area contributed by atoms with E-state index in [-0.39, 0.29) is 0 Å². The molecule has 0 spiro atoms. The van der Waals surface area contributed by atoms with Gasteiger partial charge in [-0.05, 0) is 12.0 Å². The molecular formula is C15H18N4. The van der Waals surface area contributed by atoms with Crippen molar-refractivity contribution in [3.63, 3.8) is 0 Å². The summed E-state index contributed by atoms with van der Waals surface area (Å²) in [4.78, 5) is 2.23. The number of aromatic nitrogens is 2. The number of nitrogens with zero attached hydrogens (tertiary/aromatic N) is 4. The predicted octanol–water partition coefficient (Wildman–Crippen LogP) is 3.01. The lowest BCUT2D eigenvalue weighted by Gasteiger charge is -2.26. The third-order valence-electron chi connectivity index (χ3n) is 2.95. The summed E-state index contributed by atoms with van der Waals surface area (Å²) in [7, 11) is 0. The van der Waals surface area contributed by atoms with Crippen molar-refractivity contribution in [2.75, 3.05) is 18.0 Å². The molecule has 2 rings (SSSR count). The minimum absolute atomic E-state index is 0.517. The Kier molecular flexibility index (Phi) is 4.30. The Hall–Kier alpha value is -2.15. The zero-order chi connectivity index (χ0) is 13.7. The highest BCUT2D eigenvalue weighted by atomic mass is 15.2. The summed E-state index contributed by atoms with van der Waals surface area (Å²) in [6.45, 7) is 5.99. The molecule has 0 aliphatic rings. The summed E-state index contributed by atoms with van der Waals surface area (Å²) in [5.41, 5.74) is 1.96. The smallest absolute Gasteiger partial charge is 0.0950 e. The molecule has 1 aromatic carbocycles. The van der Waals surface area contributed by atoms with Crippen LogP contribution in [0.2, 0.25) is 0 Å². The minimum Gasteiger partial charge on any atom is -0.368 e. The number of fused-ring (bicyclic) bond motifs is 1. The molecule has 0 unspecified atom stereocenters. The summed E-state index contributed by atoms with van der Waals surface area (Å²) in [5, 5.41) is 18.1. The summed E-state index contributed by atoms with van der Waals surface area (Å²) >= 11 is 0. The van der Waals surface area contributed by atoms with Gasteiger partial charge in [-0.1, -0.05) is 32.0 Å². The molecule has 1 heterocycles. The molecule has 19 heavy (non-hydrogen) atoms. The molecule has 98 valence electrons. The van der Waals surface area contributed by atoms with Crippen LogP contribution in [0.1, 0.15) is 20.3 Å². The molecule has 0 radical (unpaired) electrons. The van der Waals surface area contributed by atoms with Crippen LogP contribution in [-0.2, 0) is 0 Å². The van der Waals surface area contributed by atoms with Crippen LogP contribution in [0.3, 0.4) is 0 Å². The van der Waals surface area contributed by atoms with Crippen LogP contribution in [0, 0.1) is 17.2 Å². The van der Waals surface area contributed by atoms with Gasteiger partial charge in [-0.3, -0.25) is 0 Å². The van der Waals surface area contributed by atoms with Gasteiger partial charge >= 0.3 is 0 Å². The Bertz CT molecular complexity index is 581. The third kappa shape index (κ3) is 3.19. The molecular weight excluding hydrogens is 236 g/mol. The van der Waals surface area contributed by atoms with Crippen LogP contribution in [0.25, 0.3) is 10.9 Å². The van der Waals surface area contributed by atoms with Crippen LogP contribution in [0.5, 0.6) is 0 Å². The van der Waals surface area contributed by atoms with E-state index in [4.69, 9.17) is 5.26 Å². The lowest BCUT2D eigenvalue weighted by molar-refractivity contribution is 0.612. The lowest BCUT2D eigenvalue weighted by atomic mass is 10.1. The topological polar surface area (TPSA) is 52.8 Å². The van der Waals surface area contributed by atoms with E-state index in [0.717, 1.165) is 29.7 Å². The maximum atomic E-state index is 8.80. The fraction of sp³-hybridized carbons (Fsp3) is 0.400. The van der Waals surface area contributed by atoms with Gasteiger partial charge < -0.3 is 4.90 Å². The lowest BCUT2D eigenvalue weighted by Crippen LogP contribution is -2.29. The van der Waals surface area contributed by atoms with E-state index in [2.05, 4.69) is 41.1 Å². The summed E-state index contributed by atoms with van der Waals surface area (Å²) < 4.78 is 0. The van der Waals surface area contributed by atoms with Crippen molar-refractivity contribution in [2.24, 2.45) is 5.92 Å². The Morgan fingerprint density at radius 2 is 2.11 bits per heavy atom. The van der Waals surface area contributed by atoms with E-state index in [1.54, 1.807) is 6.20 Å². The number of hydrogen-bond donors (Lipinski definition) is 0. The Balaban J connectivity index is 2.40. The van der Waals surface area contributed by atoms with Crippen molar-refractivity contribution >= 4 is 16.6 Å². The van der Waals surface area contributed by atoms with Gasteiger partial charge in [-0.25, -0.2) is 0 Å². The summed E-state index contributed by atoms with van der Waals surface area (Å²) in [6, 6.07) is 10.2. The maximum absolute atomic E-state index is 8.80. The highest BCUT2D eigenvalue weighted by Gasteiger charge is 2.12. The predicted molar refractivity (Wildman–Crippen MR) is 76.8 cm³/mol. The molecule has 0 atom stereocenters. The molecule has 0 fully saturated rings. The first kappa shape index (κ1) is 13.3. The van der Waals surface area contributed by atoms with Crippen LogP contribution in [0.4, 0.5) is 5.69 Å². The van der Waals surface area contributed by atoms with Gasteiger partial charge in [0.15, 0.2) is 0 Å². The average molecular weight is 254 g/mol. The quantitative estimate of drug-likeness (QED) is 0.823. The second kappa shape index (κ2) is 6.14. The Labute approximate surface area is 113 Å². The first-order valence-electron chi connectivity index (χ1n) is 6.54. The molecule has 0 saturated carbocycles. The molecule has 2 aromatic rings. The van der Waals surface area contributed by atoms with Gasteiger partial charge in [-0.2, -0.15) is 15.5 Å². The first-order valence-corrected chi connectivity index (χ1v) is 6.54. The van der Waals surface area contributed by atoms with Crippen LogP contribution < -0.4 is 4.90 Å². The molecule has 0 aliphatic carbocycles. The van der Waals surface area contributed by atoms with E-state index in [1.165, 1.54) is 0 Å². The number of hydrogen-bond acceptors (Lipinski definition) is 4. The largest absolute Gasteiger partial charge is 0.368 e. The minimum atomic E-state index is 0.517. The monoisotopic (exact) mass is 254 g/mol. The fourth-order valence-corrected chi connectivity index (χ4v) is 2.18. The second-order valence-electron chi connectivity index (χ2n) is 4.99. The SMILES string of the molecule is CC(C)CN(CCC#N)c1cnnc2ccccc12. The average Bonchev–Trinajstić information content (AvgIpc) is 2.42. The van der Waals surface area contributed by atoms with Crippen molar-refractivity contribution in [2.45, 2.75) is 20.3 Å². The molecule has 0 aliphatic heterocycles. The fourth-order valence-electron chi connectivity index (χ4n) is 2.18. The van der Waals surface area contributed by atoms with Gasteiger partial charge in [-0.15, -0.1) is 0 Å². The molecule has 4 heteroatoms. The standard InChI is InChI=1S/C15H18N4/c1-12(2)11-19(9-5-8-16)15-10-17-18-14-7-4-3-6-13(14)15/h3-4,6-7,10,12H,5,9,11H2,1-2H3. The van der Waals surface area contributed by atoms with E-state index in [1.807, 2.05) is 18.2 Å². The van der Waals surface area contributed by atoms with E-state index >= 15 is 0 Å². The molecule has 1 aromatic heterocycles. The molecule has 0 amide bonds. The van der Waals surface area contributed by atoms with Gasteiger partial charge in [0.1, 0.15) is 0 Å².